The molecule has 0 aliphatic rings. The zero-order chi connectivity index (χ0) is 19.6. The molecule has 136 valence electrons. The molecule has 0 N–H and O–H groups in total. The van der Waals surface area contributed by atoms with Crippen LogP contribution in [-0.2, 0) is 9.84 Å². The van der Waals surface area contributed by atoms with Crippen molar-refractivity contribution < 1.29 is 8.42 Å². The number of nitrogens with zero attached hydrogens (tertiary/aromatic N) is 3. The van der Waals surface area contributed by atoms with Crippen LogP contribution in [0.15, 0.2) is 64.4 Å². The molecule has 1 heterocycles. The maximum atomic E-state index is 12.9. The second kappa shape index (κ2) is 7.22. The first-order valence-electron chi connectivity index (χ1n) is 8.40. The average Bonchev–Trinajstić information content (AvgIpc) is 2.94. The Hall–Kier alpha value is -3.17. The molecule has 2 aromatic carbocycles. The van der Waals surface area contributed by atoms with E-state index in [9.17, 15) is 13.7 Å². The Morgan fingerprint density at radius 1 is 1.04 bits per heavy atom. The molecule has 3 rings (SSSR count). The largest absolute Gasteiger partial charge is 0.237 e. The van der Waals surface area contributed by atoms with E-state index in [1.807, 2.05) is 50.2 Å². The number of aryl methyl sites for hydroxylation is 2. The number of hydrogen-bond donors (Lipinski definition) is 0. The molecular weight excluding hydrogens is 358 g/mol. The summed E-state index contributed by atoms with van der Waals surface area (Å²) in [6, 6.07) is 17.9. The van der Waals surface area contributed by atoms with Gasteiger partial charge in [-0.2, -0.15) is 10.4 Å². The topological polar surface area (TPSA) is 75.8 Å². The van der Waals surface area contributed by atoms with Crippen molar-refractivity contribution in [2.24, 2.45) is 0 Å². The summed E-state index contributed by atoms with van der Waals surface area (Å²) >= 11 is 0. The fourth-order valence-corrected chi connectivity index (χ4v) is 3.97. The lowest BCUT2D eigenvalue weighted by molar-refractivity contribution is 0.603. The number of benzene rings is 2. The lowest BCUT2D eigenvalue weighted by atomic mass is 10.2. The number of para-hydroxylation sites is 1. The van der Waals surface area contributed by atoms with Gasteiger partial charge in [-0.15, -0.1) is 0 Å². The molecule has 1 aromatic heterocycles. The second-order valence-corrected chi connectivity index (χ2v) is 8.19. The van der Waals surface area contributed by atoms with Gasteiger partial charge in [-0.25, -0.2) is 13.1 Å². The van der Waals surface area contributed by atoms with E-state index in [4.69, 9.17) is 0 Å². The third-order valence-corrected chi connectivity index (χ3v) is 6.04. The molecule has 0 radical (unpaired) electrons. The molecule has 3 aromatic rings. The number of aromatic nitrogens is 2. The van der Waals surface area contributed by atoms with Crippen LogP contribution in [-0.4, -0.2) is 18.2 Å². The van der Waals surface area contributed by atoms with Crippen LogP contribution >= 0.6 is 0 Å². The third-order valence-electron chi connectivity index (χ3n) is 4.35. The Bertz CT molecular complexity index is 1150. The number of sulfone groups is 1. The SMILES string of the molecule is Cc1ccc(S(=O)(=O)/C(C#N)=C/c2c(C)nn(-c3ccccc3)c2C)cc1. The number of allylic oxidation sites excluding steroid dienone is 1. The van der Waals surface area contributed by atoms with Crippen molar-refractivity contribution in [3.63, 3.8) is 0 Å². The van der Waals surface area contributed by atoms with E-state index >= 15 is 0 Å². The van der Waals surface area contributed by atoms with Crippen LogP contribution in [0.25, 0.3) is 11.8 Å². The summed E-state index contributed by atoms with van der Waals surface area (Å²) in [6.07, 6.45) is 1.41. The minimum absolute atomic E-state index is 0.103. The molecule has 0 atom stereocenters. The van der Waals surface area contributed by atoms with Gasteiger partial charge in [-0.1, -0.05) is 35.9 Å². The molecule has 0 saturated carbocycles. The standard InChI is InChI=1S/C21H19N3O2S/c1-15-9-11-19(12-10-15)27(25,26)20(14-22)13-21-16(2)23-24(17(21)3)18-7-5-4-6-8-18/h4-13H,1-3H3/b20-13+. The molecule has 0 spiro atoms. The molecule has 27 heavy (non-hydrogen) atoms. The summed E-state index contributed by atoms with van der Waals surface area (Å²) in [5.41, 5.74) is 3.88. The summed E-state index contributed by atoms with van der Waals surface area (Å²) in [5.74, 6) is 0. The predicted octanol–water partition coefficient (Wildman–Crippen LogP) is 4.14. The first kappa shape index (κ1) is 18.6. The molecule has 0 fully saturated rings. The van der Waals surface area contributed by atoms with Crippen LogP contribution in [0.5, 0.6) is 0 Å². The highest BCUT2D eigenvalue weighted by molar-refractivity contribution is 7.95. The van der Waals surface area contributed by atoms with Crippen LogP contribution in [0.1, 0.15) is 22.5 Å². The highest BCUT2D eigenvalue weighted by Crippen LogP contribution is 2.25. The Morgan fingerprint density at radius 2 is 1.67 bits per heavy atom. The lowest BCUT2D eigenvalue weighted by Crippen LogP contribution is -2.04. The van der Waals surface area contributed by atoms with E-state index in [-0.39, 0.29) is 9.80 Å². The van der Waals surface area contributed by atoms with Gasteiger partial charge in [0.25, 0.3) is 0 Å². The number of hydrogen-bond acceptors (Lipinski definition) is 4. The predicted molar refractivity (Wildman–Crippen MR) is 105 cm³/mol. The smallest absolute Gasteiger partial charge is 0.216 e. The van der Waals surface area contributed by atoms with Gasteiger partial charge in [0.2, 0.25) is 9.84 Å². The van der Waals surface area contributed by atoms with Gasteiger partial charge in [0.15, 0.2) is 0 Å². The van der Waals surface area contributed by atoms with Crippen LogP contribution in [0, 0.1) is 32.1 Å². The normalized spacial score (nSPS) is 12.0. The van der Waals surface area contributed by atoms with E-state index in [1.165, 1.54) is 18.2 Å². The van der Waals surface area contributed by atoms with E-state index in [0.717, 1.165) is 16.9 Å². The van der Waals surface area contributed by atoms with Crippen LogP contribution in [0.2, 0.25) is 0 Å². The quantitative estimate of drug-likeness (QED) is 0.641. The Morgan fingerprint density at radius 3 is 2.26 bits per heavy atom. The maximum absolute atomic E-state index is 12.9. The fraction of sp³-hybridized carbons (Fsp3) is 0.143. The van der Waals surface area contributed by atoms with E-state index in [1.54, 1.807) is 23.7 Å². The third kappa shape index (κ3) is 3.55. The second-order valence-electron chi connectivity index (χ2n) is 6.27. The monoisotopic (exact) mass is 377 g/mol. The zero-order valence-electron chi connectivity index (χ0n) is 15.3. The van der Waals surface area contributed by atoms with Crippen molar-refractivity contribution in [1.29, 1.82) is 5.26 Å². The van der Waals surface area contributed by atoms with Gasteiger partial charge in [0.05, 0.1) is 16.3 Å². The summed E-state index contributed by atoms with van der Waals surface area (Å²) < 4.78 is 27.5. The fourth-order valence-electron chi connectivity index (χ4n) is 2.83. The molecule has 0 saturated heterocycles. The Balaban J connectivity index is 2.11. The highest BCUT2D eigenvalue weighted by atomic mass is 32.2. The van der Waals surface area contributed by atoms with Crippen molar-refractivity contribution in [2.75, 3.05) is 0 Å². The van der Waals surface area contributed by atoms with Crippen molar-refractivity contribution >= 4 is 15.9 Å². The summed E-state index contributed by atoms with van der Waals surface area (Å²) in [7, 11) is -3.89. The van der Waals surface area contributed by atoms with Crippen molar-refractivity contribution in [1.82, 2.24) is 9.78 Å². The van der Waals surface area contributed by atoms with Gasteiger partial charge >= 0.3 is 0 Å². The summed E-state index contributed by atoms with van der Waals surface area (Å²) in [5, 5.41) is 14.0. The first-order valence-corrected chi connectivity index (χ1v) is 9.88. The van der Waals surface area contributed by atoms with Crippen molar-refractivity contribution in [2.45, 2.75) is 25.7 Å². The Kier molecular flexibility index (Phi) is 4.98. The van der Waals surface area contributed by atoms with Crippen molar-refractivity contribution in [3.8, 4) is 11.8 Å². The maximum Gasteiger partial charge on any atom is 0.216 e. The van der Waals surface area contributed by atoms with Gasteiger partial charge in [-0.05, 0) is 51.1 Å². The molecule has 0 unspecified atom stereocenters. The molecule has 5 nitrogen and oxygen atoms in total. The number of nitriles is 1. The van der Waals surface area contributed by atoms with Gasteiger partial charge in [0, 0.05) is 11.3 Å². The molecule has 6 heteroatoms. The van der Waals surface area contributed by atoms with Gasteiger partial charge in [0.1, 0.15) is 11.0 Å². The van der Waals surface area contributed by atoms with Gasteiger partial charge in [-0.3, -0.25) is 0 Å². The van der Waals surface area contributed by atoms with E-state index < -0.39 is 9.84 Å². The van der Waals surface area contributed by atoms with Crippen molar-refractivity contribution in [3.05, 3.63) is 82.0 Å². The summed E-state index contributed by atoms with van der Waals surface area (Å²) in [6.45, 7) is 5.53. The minimum atomic E-state index is -3.89. The minimum Gasteiger partial charge on any atom is -0.237 e. The molecular formula is C21H19N3O2S. The number of rotatable bonds is 4. The average molecular weight is 377 g/mol. The zero-order valence-corrected chi connectivity index (χ0v) is 16.2. The van der Waals surface area contributed by atoms with Crippen LogP contribution < -0.4 is 0 Å². The Labute approximate surface area is 159 Å². The van der Waals surface area contributed by atoms with Gasteiger partial charge < -0.3 is 0 Å². The molecule has 0 aliphatic carbocycles. The highest BCUT2D eigenvalue weighted by Gasteiger charge is 2.22. The van der Waals surface area contributed by atoms with Crippen LogP contribution in [0.4, 0.5) is 0 Å². The molecule has 0 amide bonds. The van der Waals surface area contributed by atoms with E-state index in [0.29, 0.717) is 11.3 Å². The lowest BCUT2D eigenvalue weighted by Gasteiger charge is -2.05. The van der Waals surface area contributed by atoms with Crippen LogP contribution in [0.3, 0.4) is 0 Å². The molecule has 0 bridgehead atoms. The summed E-state index contributed by atoms with van der Waals surface area (Å²) in [4.78, 5) is -0.197. The van der Waals surface area contributed by atoms with E-state index in [2.05, 4.69) is 5.10 Å². The first-order chi connectivity index (χ1) is 12.8. The molecule has 0 aliphatic heterocycles.